The van der Waals surface area contributed by atoms with Crippen LogP contribution >= 0.6 is 0 Å². The van der Waals surface area contributed by atoms with Crippen LogP contribution in [0.25, 0.3) is 0 Å². The summed E-state index contributed by atoms with van der Waals surface area (Å²) in [5.41, 5.74) is 0.519. The summed E-state index contributed by atoms with van der Waals surface area (Å²) in [6, 6.07) is 0. The highest BCUT2D eigenvalue weighted by Gasteiger charge is 2.28. The lowest BCUT2D eigenvalue weighted by atomic mass is 9.98. The Morgan fingerprint density at radius 3 is 2.30 bits per heavy atom. The van der Waals surface area contributed by atoms with Gasteiger partial charge in [0.2, 0.25) is 0 Å². The Hall–Kier alpha value is -0.990. The molecule has 0 aromatic heterocycles. The van der Waals surface area contributed by atoms with Gasteiger partial charge in [-0.1, -0.05) is 52.4 Å². The zero-order valence-electron chi connectivity index (χ0n) is 13.1. The smallest absolute Gasteiger partial charge is 0.337 e. The number of ether oxygens (including phenoxy) is 1. The van der Waals surface area contributed by atoms with Crippen molar-refractivity contribution in [2.45, 2.75) is 90.6 Å². The molecular weight excluding hydrogens is 252 g/mol. The zero-order valence-corrected chi connectivity index (χ0v) is 13.1. The van der Waals surface area contributed by atoms with Crippen LogP contribution < -0.4 is 0 Å². The van der Waals surface area contributed by atoms with Crippen molar-refractivity contribution < 1.29 is 14.6 Å². The average Bonchev–Trinajstić information content (AvgIpc) is 2.42. The Bertz CT molecular complexity index is 320. The third-order valence-corrected chi connectivity index (χ3v) is 3.95. The van der Waals surface area contributed by atoms with Crippen LogP contribution in [0.3, 0.4) is 0 Å². The highest BCUT2D eigenvalue weighted by molar-refractivity contribution is 5.89. The Labute approximate surface area is 123 Å². The van der Waals surface area contributed by atoms with Crippen LogP contribution in [0.1, 0.15) is 84.5 Å². The second-order valence-corrected chi connectivity index (χ2v) is 5.82. The molecular formula is C17H30O3. The molecule has 0 saturated carbocycles. The van der Waals surface area contributed by atoms with E-state index in [1.165, 1.54) is 32.1 Å². The molecule has 1 aliphatic rings. The molecule has 1 atom stereocenters. The van der Waals surface area contributed by atoms with Crippen molar-refractivity contribution in [2.24, 2.45) is 0 Å². The molecule has 3 heteroatoms. The van der Waals surface area contributed by atoms with Crippen LogP contribution in [0.4, 0.5) is 0 Å². The van der Waals surface area contributed by atoms with Crippen LogP contribution in [0.5, 0.6) is 0 Å². The number of carbonyl (C=O) groups is 1. The maximum atomic E-state index is 11.9. The zero-order chi connectivity index (χ0) is 14.8. The minimum Gasteiger partial charge on any atom is -0.512 e. The summed E-state index contributed by atoms with van der Waals surface area (Å²) in [4.78, 5) is 11.9. The quantitative estimate of drug-likeness (QED) is 0.450. The third-order valence-electron chi connectivity index (χ3n) is 3.95. The molecule has 0 fully saturated rings. The van der Waals surface area contributed by atoms with Gasteiger partial charge in [-0.25, -0.2) is 4.79 Å². The van der Waals surface area contributed by atoms with Gasteiger partial charge < -0.3 is 9.84 Å². The van der Waals surface area contributed by atoms with Crippen LogP contribution in [0.2, 0.25) is 0 Å². The van der Waals surface area contributed by atoms with E-state index in [2.05, 4.69) is 13.8 Å². The molecule has 0 aliphatic carbocycles. The Morgan fingerprint density at radius 2 is 1.70 bits per heavy atom. The van der Waals surface area contributed by atoms with Gasteiger partial charge in [0, 0.05) is 6.42 Å². The van der Waals surface area contributed by atoms with Crippen molar-refractivity contribution in [2.75, 3.05) is 0 Å². The minimum atomic E-state index is -0.286. The Kier molecular flexibility index (Phi) is 8.40. The van der Waals surface area contributed by atoms with Gasteiger partial charge in [0.1, 0.15) is 11.9 Å². The standard InChI is InChI=1S/C17H30O3/c1-3-5-7-9-11-14-13-16(18)15(17(19)20-14)12-10-8-6-4-2/h14,18H,3-13H2,1-2H3. The molecule has 0 saturated heterocycles. The molecule has 0 amide bonds. The van der Waals surface area contributed by atoms with Crippen molar-refractivity contribution in [1.29, 1.82) is 0 Å². The third kappa shape index (κ3) is 5.98. The normalized spacial score (nSPS) is 19.3. The van der Waals surface area contributed by atoms with E-state index in [9.17, 15) is 9.90 Å². The molecule has 0 aromatic rings. The van der Waals surface area contributed by atoms with Crippen molar-refractivity contribution in [3.05, 3.63) is 11.3 Å². The summed E-state index contributed by atoms with van der Waals surface area (Å²) in [5, 5.41) is 10.0. The van der Waals surface area contributed by atoms with E-state index in [-0.39, 0.29) is 17.8 Å². The van der Waals surface area contributed by atoms with Crippen LogP contribution in [0, 0.1) is 0 Å². The molecule has 1 N–H and O–H groups in total. The lowest BCUT2D eigenvalue weighted by Gasteiger charge is -2.24. The predicted octanol–water partition coefficient (Wildman–Crippen LogP) is 5.05. The lowest BCUT2D eigenvalue weighted by Crippen LogP contribution is -2.26. The second kappa shape index (κ2) is 9.84. The molecule has 1 heterocycles. The molecule has 1 unspecified atom stereocenters. The summed E-state index contributed by atoms with van der Waals surface area (Å²) in [5.74, 6) is -0.0102. The number of cyclic esters (lactones) is 1. The maximum absolute atomic E-state index is 11.9. The van der Waals surface area contributed by atoms with Crippen molar-refractivity contribution >= 4 is 5.97 Å². The highest BCUT2D eigenvalue weighted by atomic mass is 16.5. The highest BCUT2D eigenvalue weighted by Crippen LogP contribution is 2.26. The van der Waals surface area contributed by atoms with E-state index in [0.717, 1.165) is 25.7 Å². The first-order valence-corrected chi connectivity index (χ1v) is 8.31. The molecule has 0 spiro atoms. The number of esters is 1. The molecule has 1 rings (SSSR count). The number of hydrogen-bond acceptors (Lipinski definition) is 3. The number of aliphatic hydroxyl groups is 1. The number of rotatable bonds is 10. The van der Waals surface area contributed by atoms with Gasteiger partial charge in [0.15, 0.2) is 0 Å². The number of unbranched alkanes of at least 4 members (excludes halogenated alkanes) is 6. The van der Waals surface area contributed by atoms with E-state index in [1.807, 2.05) is 0 Å². The molecule has 20 heavy (non-hydrogen) atoms. The molecule has 3 nitrogen and oxygen atoms in total. The summed E-state index contributed by atoms with van der Waals surface area (Å²) >= 11 is 0. The topological polar surface area (TPSA) is 46.5 Å². The predicted molar refractivity (Wildman–Crippen MR) is 81.7 cm³/mol. The fraction of sp³-hybridized carbons (Fsp3) is 0.824. The van der Waals surface area contributed by atoms with E-state index < -0.39 is 0 Å². The van der Waals surface area contributed by atoms with Crippen molar-refractivity contribution in [3.63, 3.8) is 0 Å². The van der Waals surface area contributed by atoms with Gasteiger partial charge in [0.25, 0.3) is 0 Å². The fourth-order valence-electron chi connectivity index (χ4n) is 2.66. The Morgan fingerprint density at radius 1 is 1.05 bits per heavy atom. The van der Waals surface area contributed by atoms with E-state index in [1.54, 1.807) is 0 Å². The largest absolute Gasteiger partial charge is 0.512 e. The first kappa shape index (κ1) is 17.1. The fourth-order valence-corrected chi connectivity index (χ4v) is 2.66. The molecule has 0 aromatic carbocycles. The maximum Gasteiger partial charge on any atom is 0.337 e. The number of aliphatic hydroxyl groups excluding tert-OH is 1. The van der Waals surface area contributed by atoms with Gasteiger partial charge in [-0.3, -0.25) is 0 Å². The summed E-state index contributed by atoms with van der Waals surface area (Å²) in [6.07, 6.45) is 11.1. The second-order valence-electron chi connectivity index (χ2n) is 5.82. The van der Waals surface area contributed by atoms with Crippen molar-refractivity contribution in [1.82, 2.24) is 0 Å². The average molecular weight is 282 g/mol. The van der Waals surface area contributed by atoms with Crippen LogP contribution in [-0.4, -0.2) is 17.2 Å². The van der Waals surface area contributed by atoms with Crippen LogP contribution in [-0.2, 0) is 9.53 Å². The van der Waals surface area contributed by atoms with Crippen LogP contribution in [0.15, 0.2) is 11.3 Å². The minimum absolute atomic E-state index is 0.112. The van der Waals surface area contributed by atoms with Gasteiger partial charge in [0.05, 0.1) is 5.57 Å². The van der Waals surface area contributed by atoms with E-state index >= 15 is 0 Å². The van der Waals surface area contributed by atoms with E-state index in [0.29, 0.717) is 18.4 Å². The molecule has 0 bridgehead atoms. The molecule has 1 aliphatic heterocycles. The van der Waals surface area contributed by atoms with Gasteiger partial charge in [-0.05, 0) is 25.7 Å². The lowest BCUT2D eigenvalue weighted by molar-refractivity contribution is -0.147. The first-order chi connectivity index (χ1) is 9.69. The summed E-state index contributed by atoms with van der Waals surface area (Å²) in [6.45, 7) is 4.34. The Balaban J connectivity index is 2.35. The monoisotopic (exact) mass is 282 g/mol. The molecule has 0 radical (unpaired) electrons. The summed E-state index contributed by atoms with van der Waals surface area (Å²) < 4.78 is 5.45. The van der Waals surface area contributed by atoms with E-state index in [4.69, 9.17) is 4.74 Å². The van der Waals surface area contributed by atoms with Gasteiger partial charge >= 0.3 is 5.97 Å². The number of carbonyl (C=O) groups excluding carboxylic acids is 1. The first-order valence-electron chi connectivity index (χ1n) is 8.31. The van der Waals surface area contributed by atoms with Gasteiger partial charge in [-0.2, -0.15) is 0 Å². The SMILES string of the molecule is CCCCCCC1=C(O)CC(CCCCCC)OC1=O. The van der Waals surface area contributed by atoms with Crippen molar-refractivity contribution in [3.8, 4) is 0 Å². The number of hydrogen-bond donors (Lipinski definition) is 1. The van der Waals surface area contributed by atoms with Gasteiger partial charge in [-0.15, -0.1) is 0 Å². The summed E-state index contributed by atoms with van der Waals surface area (Å²) in [7, 11) is 0. The molecule has 116 valence electrons.